The zero-order valence-electron chi connectivity index (χ0n) is 15.4. The summed E-state index contributed by atoms with van der Waals surface area (Å²) in [6.07, 6.45) is 5.16. The standard InChI is InChI=1S/C20H17ClN6OS/c21-15-3-5-16(6-4-15)27-13-14(12-23-27)19(28)25-8-10-26(11-9-25)20-24-17-2-1-7-22-18(17)29-20/h1-7,12-13H,8-11H2. The first-order valence-corrected chi connectivity index (χ1v) is 10.4. The molecule has 1 aliphatic rings. The molecule has 0 atom stereocenters. The van der Waals surface area contributed by atoms with Gasteiger partial charge in [0.15, 0.2) is 5.13 Å². The van der Waals surface area contributed by atoms with Gasteiger partial charge in [-0.1, -0.05) is 22.9 Å². The molecule has 5 rings (SSSR count). The van der Waals surface area contributed by atoms with Crippen LogP contribution in [0.4, 0.5) is 5.13 Å². The number of hydrogen-bond acceptors (Lipinski definition) is 6. The zero-order valence-corrected chi connectivity index (χ0v) is 17.0. The van der Waals surface area contributed by atoms with E-state index in [-0.39, 0.29) is 5.91 Å². The summed E-state index contributed by atoms with van der Waals surface area (Å²) in [5.41, 5.74) is 2.36. The van der Waals surface area contributed by atoms with Crippen molar-refractivity contribution in [2.45, 2.75) is 0 Å². The Morgan fingerprint density at radius 3 is 2.62 bits per heavy atom. The molecule has 7 nitrogen and oxygen atoms in total. The Kier molecular flexibility index (Phi) is 4.65. The van der Waals surface area contributed by atoms with Gasteiger partial charge in [-0.25, -0.2) is 14.6 Å². The number of hydrogen-bond donors (Lipinski definition) is 0. The van der Waals surface area contributed by atoms with Gasteiger partial charge in [0.1, 0.15) is 10.3 Å². The van der Waals surface area contributed by atoms with E-state index in [4.69, 9.17) is 11.6 Å². The second-order valence-electron chi connectivity index (χ2n) is 6.75. The lowest BCUT2D eigenvalue weighted by molar-refractivity contribution is 0.0747. The maximum Gasteiger partial charge on any atom is 0.257 e. The Morgan fingerprint density at radius 1 is 1.07 bits per heavy atom. The van der Waals surface area contributed by atoms with Crippen molar-refractivity contribution < 1.29 is 4.79 Å². The van der Waals surface area contributed by atoms with Crippen LogP contribution < -0.4 is 4.90 Å². The highest BCUT2D eigenvalue weighted by Crippen LogP contribution is 2.27. The van der Waals surface area contributed by atoms with E-state index >= 15 is 0 Å². The van der Waals surface area contributed by atoms with Crippen molar-refractivity contribution in [3.05, 3.63) is 65.6 Å². The van der Waals surface area contributed by atoms with Crippen LogP contribution in [-0.4, -0.2) is 56.7 Å². The minimum absolute atomic E-state index is 0.00386. The molecule has 1 aliphatic heterocycles. The van der Waals surface area contributed by atoms with E-state index in [0.717, 1.165) is 34.3 Å². The summed E-state index contributed by atoms with van der Waals surface area (Å²) >= 11 is 7.52. The summed E-state index contributed by atoms with van der Waals surface area (Å²) in [7, 11) is 0. The number of amides is 1. The number of anilines is 1. The lowest BCUT2D eigenvalue weighted by Crippen LogP contribution is -2.48. The average molecular weight is 425 g/mol. The summed E-state index contributed by atoms with van der Waals surface area (Å²) in [5, 5.41) is 5.94. The van der Waals surface area contributed by atoms with Gasteiger partial charge in [-0.2, -0.15) is 5.10 Å². The largest absolute Gasteiger partial charge is 0.344 e. The summed E-state index contributed by atoms with van der Waals surface area (Å²) in [6.45, 7) is 2.79. The minimum atomic E-state index is -0.00386. The minimum Gasteiger partial charge on any atom is -0.344 e. The molecule has 9 heteroatoms. The number of aromatic nitrogens is 4. The molecule has 29 heavy (non-hydrogen) atoms. The third kappa shape index (κ3) is 3.56. The van der Waals surface area contributed by atoms with E-state index in [1.807, 2.05) is 29.2 Å². The van der Waals surface area contributed by atoms with Gasteiger partial charge in [0.05, 0.1) is 17.4 Å². The smallest absolute Gasteiger partial charge is 0.257 e. The molecule has 0 bridgehead atoms. The number of carbonyl (C=O) groups excluding carboxylic acids is 1. The third-order valence-corrected chi connectivity index (χ3v) is 6.21. The number of benzene rings is 1. The fraction of sp³-hybridized carbons (Fsp3) is 0.200. The molecular weight excluding hydrogens is 408 g/mol. The van der Waals surface area contributed by atoms with Crippen LogP contribution in [0.2, 0.25) is 5.02 Å². The number of piperazine rings is 1. The predicted octanol–water partition coefficient (Wildman–Crippen LogP) is 3.49. The molecule has 1 saturated heterocycles. The number of nitrogens with zero attached hydrogens (tertiary/aromatic N) is 6. The molecule has 0 unspecified atom stereocenters. The van der Waals surface area contributed by atoms with Gasteiger partial charge in [0, 0.05) is 43.6 Å². The molecule has 1 amide bonds. The quantitative estimate of drug-likeness (QED) is 0.503. The van der Waals surface area contributed by atoms with Crippen LogP contribution >= 0.6 is 22.9 Å². The second kappa shape index (κ2) is 7.46. The molecule has 146 valence electrons. The third-order valence-electron chi connectivity index (χ3n) is 4.91. The fourth-order valence-electron chi connectivity index (χ4n) is 3.35. The van der Waals surface area contributed by atoms with Gasteiger partial charge in [0.25, 0.3) is 5.91 Å². The number of pyridine rings is 1. The van der Waals surface area contributed by atoms with Crippen molar-refractivity contribution in [3.8, 4) is 5.69 Å². The zero-order chi connectivity index (χ0) is 19.8. The van der Waals surface area contributed by atoms with E-state index in [2.05, 4.69) is 20.0 Å². The monoisotopic (exact) mass is 424 g/mol. The van der Waals surface area contributed by atoms with Crippen LogP contribution in [0.5, 0.6) is 0 Å². The number of halogens is 1. The molecular formula is C20H17ClN6OS. The number of rotatable bonds is 3. The Labute approximate surface area is 176 Å². The van der Waals surface area contributed by atoms with Crippen molar-refractivity contribution in [1.29, 1.82) is 0 Å². The van der Waals surface area contributed by atoms with Gasteiger partial charge < -0.3 is 9.80 Å². The Bertz CT molecular complexity index is 1130. The first kappa shape index (κ1) is 18.1. The fourth-order valence-corrected chi connectivity index (χ4v) is 4.43. The van der Waals surface area contributed by atoms with E-state index < -0.39 is 0 Å². The molecule has 1 aromatic carbocycles. The first-order chi connectivity index (χ1) is 14.2. The second-order valence-corrected chi connectivity index (χ2v) is 8.15. The van der Waals surface area contributed by atoms with Crippen molar-refractivity contribution in [3.63, 3.8) is 0 Å². The average Bonchev–Trinajstić information content (AvgIpc) is 3.41. The highest BCUT2D eigenvalue weighted by Gasteiger charge is 2.25. The molecule has 4 aromatic rings. The van der Waals surface area contributed by atoms with Gasteiger partial charge >= 0.3 is 0 Å². The number of thiazole rings is 1. The molecule has 0 saturated carbocycles. The molecule has 1 fully saturated rings. The van der Waals surface area contributed by atoms with Gasteiger partial charge in [-0.3, -0.25) is 4.79 Å². The first-order valence-electron chi connectivity index (χ1n) is 9.24. The van der Waals surface area contributed by atoms with E-state index in [9.17, 15) is 4.79 Å². The van der Waals surface area contributed by atoms with E-state index in [1.165, 1.54) is 0 Å². The van der Waals surface area contributed by atoms with Gasteiger partial charge in [-0.15, -0.1) is 0 Å². The van der Waals surface area contributed by atoms with Crippen molar-refractivity contribution in [1.82, 2.24) is 24.6 Å². The molecule has 3 aromatic heterocycles. The van der Waals surface area contributed by atoms with Crippen LogP contribution in [0, 0.1) is 0 Å². The Balaban J connectivity index is 1.26. The van der Waals surface area contributed by atoms with Crippen LogP contribution in [0.15, 0.2) is 55.0 Å². The van der Waals surface area contributed by atoms with Crippen LogP contribution in [0.1, 0.15) is 10.4 Å². The van der Waals surface area contributed by atoms with E-state index in [0.29, 0.717) is 23.7 Å². The molecule has 0 aliphatic carbocycles. The number of carbonyl (C=O) groups is 1. The summed E-state index contributed by atoms with van der Waals surface area (Å²) in [4.78, 5) is 26.9. The lowest BCUT2D eigenvalue weighted by Gasteiger charge is -2.34. The SMILES string of the molecule is O=C(c1cnn(-c2ccc(Cl)cc2)c1)N1CCN(c2nc3cccnc3s2)CC1. The highest BCUT2D eigenvalue weighted by atomic mass is 35.5. The summed E-state index contributed by atoms with van der Waals surface area (Å²) in [6, 6.07) is 11.2. The molecule has 4 heterocycles. The van der Waals surface area contributed by atoms with E-state index in [1.54, 1.807) is 46.7 Å². The highest BCUT2D eigenvalue weighted by molar-refractivity contribution is 7.21. The summed E-state index contributed by atoms with van der Waals surface area (Å²) < 4.78 is 1.69. The molecule has 0 N–H and O–H groups in total. The molecule has 0 spiro atoms. The van der Waals surface area contributed by atoms with Crippen molar-refractivity contribution in [2.75, 3.05) is 31.1 Å². The maximum atomic E-state index is 12.9. The van der Waals surface area contributed by atoms with Crippen LogP contribution in [0.3, 0.4) is 0 Å². The van der Waals surface area contributed by atoms with Gasteiger partial charge in [-0.05, 0) is 36.4 Å². The molecule has 0 radical (unpaired) electrons. The van der Waals surface area contributed by atoms with Crippen LogP contribution in [0.25, 0.3) is 16.0 Å². The van der Waals surface area contributed by atoms with Gasteiger partial charge in [0.2, 0.25) is 0 Å². The Morgan fingerprint density at radius 2 is 1.86 bits per heavy atom. The Hall–Kier alpha value is -2.97. The maximum absolute atomic E-state index is 12.9. The summed E-state index contributed by atoms with van der Waals surface area (Å²) in [5.74, 6) is -0.00386. The van der Waals surface area contributed by atoms with Crippen molar-refractivity contribution in [2.24, 2.45) is 0 Å². The normalized spacial score (nSPS) is 14.5. The topological polar surface area (TPSA) is 67.2 Å². The predicted molar refractivity (Wildman–Crippen MR) is 114 cm³/mol. The number of fused-ring (bicyclic) bond motifs is 1. The van der Waals surface area contributed by atoms with Crippen molar-refractivity contribution >= 4 is 44.3 Å². The lowest BCUT2D eigenvalue weighted by atomic mass is 10.2. The van der Waals surface area contributed by atoms with Crippen LogP contribution in [-0.2, 0) is 0 Å².